The molecule has 1 saturated heterocycles. The molecule has 1 aromatic heterocycles. The van der Waals surface area contributed by atoms with E-state index in [9.17, 15) is 15.2 Å². The Labute approximate surface area is 254 Å². The van der Waals surface area contributed by atoms with Gasteiger partial charge in [-0.3, -0.25) is 9.69 Å². The fourth-order valence-corrected chi connectivity index (χ4v) is 5.92. The van der Waals surface area contributed by atoms with Gasteiger partial charge in [-0.15, -0.1) is 0 Å². The van der Waals surface area contributed by atoms with Gasteiger partial charge in [0.1, 0.15) is 5.82 Å². The minimum absolute atomic E-state index is 0.249. The van der Waals surface area contributed by atoms with Crippen LogP contribution in [0.2, 0.25) is 0 Å². The van der Waals surface area contributed by atoms with Gasteiger partial charge in [0.15, 0.2) is 11.5 Å². The number of likely N-dealkylation sites (tertiary alicyclic amines) is 1. The lowest BCUT2D eigenvalue weighted by Gasteiger charge is -2.32. The van der Waals surface area contributed by atoms with E-state index in [0.29, 0.717) is 31.2 Å². The number of hydrogen-bond donors (Lipinski definition) is 2. The minimum atomic E-state index is -0.992. The van der Waals surface area contributed by atoms with E-state index in [1.165, 1.54) is 0 Å². The van der Waals surface area contributed by atoms with E-state index in [2.05, 4.69) is 21.6 Å². The molecule has 2 aliphatic rings. The maximum atomic E-state index is 11.6. The average Bonchev–Trinajstić information content (AvgIpc) is 3.57. The van der Waals surface area contributed by atoms with Crippen LogP contribution in [0.5, 0.6) is 11.5 Å². The summed E-state index contributed by atoms with van der Waals surface area (Å²) >= 11 is 0. The standard InChI is InChI=1S/C32H32N4O5.CH2O2/c1-32(24-6-3-5-21(17-24)19-33)40-28-8-4-7-25(30(28)41-32)22-11-13-35(14-12-22)20-29-34-26-10-9-23(31(37)38)18-27(26)36(29)15-16-39-2;2-1-3/h3-10,17-18,22H,11-16,20H2,1-2H3,(H,37,38);1H,(H,2,3). The van der Waals surface area contributed by atoms with Crippen LogP contribution in [0, 0.1) is 11.3 Å². The molecular weight excluding hydrogens is 564 g/mol. The summed E-state index contributed by atoms with van der Waals surface area (Å²) in [6.45, 7) is 5.22. The number of fused-ring (bicyclic) bond motifs is 2. The number of nitrogens with zero attached hydrogens (tertiary/aromatic N) is 4. The predicted octanol–water partition coefficient (Wildman–Crippen LogP) is 4.98. The molecule has 0 aliphatic carbocycles. The maximum Gasteiger partial charge on any atom is 0.335 e. The molecule has 44 heavy (non-hydrogen) atoms. The molecule has 4 aromatic rings. The zero-order valence-electron chi connectivity index (χ0n) is 24.6. The molecule has 11 nitrogen and oxygen atoms in total. The van der Waals surface area contributed by atoms with Crippen LogP contribution in [0.15, 0.2) is 60.7 Å². The lowest BCUT2D eigenvalue weighted by molar-refractivity contribution is -0.122. The molecule has 228 valence electrons. The molecule has 1 atom stereocenters. The van der Waals surface area contributed by atoms with E-state index < -0.39 is 11.8 Å². The van der Waals surface area contributed by atoms with Crippen molar-refractivity contribution in [3.63, 3.8) is 0 Å². The zero-order chi connectivity index (χ0) is 31.3. The number of hydrogen-bond acceptors (Lipinski definition) is 8. The second-order valence-corrected chi connectivity index (χ2v) is 10.9. The van der Waals surface area contributed by atoms with Gasteiger partial charge < -0.3 is 29.0 Å². The summed E-state index contributed by atoms with van der Waals surface area (Å²) in [6.07, 6.45) is 1.92. The molecule has 0 saturated carbocycles. The summed E-state index contributed by atoms with van der Waals surface area (Å²) in [4.78, 5) is 27.2. The van der Waals surface area contributed by atoms with Crippen LogP contribution >= 0.6 is 0 Å². The summed E-state index contributed by atoms with van der Waals surface area (Å²) in [7, 11) is 1.66. The minimum Gasteiger partial charge on any atom is -0.483 e. The Morgan fingerprint density at radius 3 is 2.61 bits per heavy atom. The molecular formula is C33H34N4O7. The fourth-order valence-electron chi connectivity index (χ4n) is 5.92. The lowest BCUT2D eigenvalue weighted by Crippen LogP contribution is -2.34. The predicted molar refractivity (Wildman–Crippen MR) is 161 cm³/mol. The molecule has 2 aliphatic heterocycles. The third kappa shape index (κ3) is 6.22. The van der Waals surface area contributed by atoms with Crippen molar-refractivity contribution in [2.75, 3.05) is 26.8 Å². The third-order valence-electron chi connectivity index (χ3n) is 8.11. The quantitative estimate of drug-likeness (QED) is 0.266. The van der Waals surface area contributed by atoms with Crippen LogP contribution in [0.1, 0.15) is 58.6 Å². The molecule has 0 amide bonds. The van der Waals surface area contributed by atoms with Gasteiger partial charge in [-0.1, -0.05) is 24.3 Å². The molecule has 0 radical (unpaired) electrons. The highest BCUT2D eigenvalue weighted by atomic mass is 16.7. The Bertz CT molecular complexity index is 1700. The number of aromatic nitrogens is 2. The fraction of sp³-hybridized carbons (Fsp3) is 0.333. The number of piperidine rings is 1. The summed E-state index contributed by atoms with van der Waals surface area (Å²) in [6, 6.07) is 20.7. The van der Waals surface area contributed by atoms with Crippen LogP contribution in [-0.2, 0) is 28.4 Å². The third-order valence-corrected chi connectivity index (χ3v) is 8.11. The number of nitriles is 1. The number of methoxy groups -OCH3 is 1. The van der Waals surface area contributed by atoms with E-state index >= 15 is 0 Å². The Morgan fingerprint density at radius 1 is 1.16 bits per heavy atom. The SMILES string of the molecule is COCCn1c(CN2CCC(c3cccc4c3OC(C)(c3cccc(C#N)c3)O4)CC2)nc2ccc(C(=O)O)cc21.O=CO. The van der Waals surface area contributed by atoms with Gasteiger partial charge >= 0.3 is 5.97 Å². The van der Waals surface area contributed by atoms with Crippen molar-refractivity contribution in [1.29, 1.82) is 5.26 Å². The van der Waals surface area contributed by atoms with Crippen LogP contribution in [0.25, 0.3) is 11.0 Å². The second kappa shape index (κ2) is 13.2. The van der Waals surface area contributed by atoms with Crippen molar-refractivity contribution in [3.05, 3.63) is 88.7 Å². The molecule has 2 N–H and O–H groups in total. The normalized spacial score (nSPS) is 17.9. The number of aromatic carboxylic acids is 1. The number of imidazole rings is 1. The lowest BCUT2D eigenvalue weighted by atomic mass is 9.88. The summed E-state index contributed by atoms with van der Waals surface area (Å²) in [5, 5.41) is 25.7. The van der Waals surface area contributed by atoms with Crippen LogP contribution < -0.4 is 9.47 Å². The van der Waals surface area contributed by atoms with E-state index in [4.69, 9.17) is 29.1 Å². The number of carbonyl (C=O) groups is 2. The van der Waals surface area contributed by atoms with E-state index in [-0.39, 0.29) is 12.0 Å². The summed E-state index contributed by atoms with van der Waals surface area (Å²) in [5.74, 6) is 0.795. The number of benzene rings is 3. The van der Waals surface area contributed by atoms with Crippen LogP contribution in [0.4, 0.5) is 0 Å². The van der Waals surface area contributed by atoms with Crippen molar-refractivity contribution in [1.82, 2.24) is 14.5 Å². The number of carboxylic acid groups (broad SMARTS) is 2. The first-order valence-electron chi connectivity index (χ1n) is 14.3. The topological polar surface area (TPSA) is 147 Å². The Balaban J connectivity index is 0.00000123. The first kappa shape index (κ1) is 30.5. The number of para-hydroxylation sites is 1. The van der Waals surface area contributed by atoms with Gasteiger partial charge in [0.2, 0.25) is 0 Å². The van der Waals surface area contributed by atoms with Gasteiger partial charge in [-0.25, -0.2) is 9.78 Å². The second-order valence-electron chi connectivity index (χ2n) is 10.9. The highest BCUT2D eigenvalue weighted by molar-refractivity contribution is 5.92. The Kier molecular flexibility index (Phi) is 9.13. The van der Waals surface area contributed by atoms with Crippen LogP contribution in [0.3, 0.4) is 0 Å². The van der Waals surface area contributed by atoms with Crippen molar-refractivity contribution in [2.45, 2.75) is 44.6 Å². The molecule has 11 heteroatoms. The van der Waals surface area contributed by atoms with Gasteiger partial charge in [0.05, 0.1) is 41.4 Å². The molecule has 1 unspecified atom stereocenters. The average molecular weight is 599 g/mol. The highest BCUT2D eigenvalue weighted by Crippen LogP contribution is 2.49. The number of rotatable bonds is 8. The molecule has 3 aromatic carbocycles. The Hall–Kier alpha value is -4.92. The Morgan fingerprint density at radius 2 is 1.91 bits per heavy atom. The summed E-state index contributed by atoms with van der Waals surface area (Å²) < 4.78 is 20.2. The van der Waals surface area contributed by atoms with Crippen molar-refractivity contribution in [3.8, 4) is 17.6 Å². The van der Waals surface area contributed by atoms with Crippen molar-refractivity contribution < 1.29 is 34.0 Å². The smallest absolute Gasteiger partial charge is 0.335 e. The number of ether oxygens (including phenoxy) is 3. The van der Waals surface area contributed by atoms with E-state index in [1.54, 1.807) is 31.4 Å². The maximum absolute atomic E-state index is 11.6. The van der Waals surface area contributed by atoms with E-state index in [1.807, 2.05) is 37.3 Å². The molecule has 0 spiro atoms. The zero-order valence-corrected chi connectivity index (χ0v) is 24.6. The molecule has 6 rings (SSSR count). The van der Waals surface area contributed by atoms with Gasteiger partial charge in [0.25, 0.3) is 12.3 Å². The largest absolute Gasteiger partial charge is 0.483 e. The van der Waals surface area contributed by atoms with Crippen molar-refractivity contribution >= 4 is 23.5 Å². The first-order valence-corrected chi connectivity index (χ1v) is 14.3. The van der Waals surface area contributed by atoms with E-state index in [0.717, 1.165) is 65.4 Å². The van der Waals surface area contributed by atoms with Gasteiger partial charge in [-0.2, -0.15) is 5.26 Å². The van der Waals surface area contributed by atoms with Gasteiger partial charge in [0, 0.05) is 31.7 Å². The van der Waals surface area contributed by atoms with Gasteiger partial charge in [-0.05, 0) is 68.2 Å². The molecule has 1 fully saturated rings. The highest BCUT2D eigenvalue weighted by Gasteiger charge is 2.41. The summed E-state index contributed by atoms with van der Waals surface area (Å²) in [5.41, 5.74) is 4.37. The monoisotopic (exact) mass is 598 g/mol. The number of carboxylic acids is 1. The first-order chi connectivity index (χ1) is 21.3. The van der Waals surface area contributed by atoms with Crippen molar-refractivity contribution in [2.24, 2.45) is 0 Å². The molecule has 0 bridgehead atoms. The van der Waals surface area contributed by atoms with Crippen LogP contribution in [-0.4, -0.2) is 63.9 Å². The molecule has 3 heterocycles.